The Morgan fingerprint density at radius 3 is 2.47 bits per heavy atom. The Hall–Kier alpha value is -1.86. The fraction of sp³-hybridized carbons (Fsp3) is 0.731. The summed E-state index contributed by atoms with van der Waals surface area (Å²) in [5.41, 5.74) is 8.39. The molecule has 2 fully saturated rings. The molecule has 2 heterocycles. The molecule has 1 aliphatic carbocycles. The highest BCUT2D eigenvalue weighted by molar-refractivity contribution is 6.70. The lowest BCUT2D eigenvalue weighted by Gasteiger charge is -2.46. The first-order valence-corrected chi connectivity index (χ1v) is 12.9. The third-order valence-corrected chi connectivity index (χ3v) is 7.91. The molecule has 1 amide bonds. The van der Waals surface area contributed by atoms with Crippen molar-refractivity contribution in [2.75, 3.05) is 26.7 Å². The second kappa shape index (κ2) is 11.3. The number of nitrogens with one attached hydrogen (secondary N) is 1. The van der Waals surface area contributed by atoms with Crippen molar-refractivity contribution in [1.29, 1.82) is 0 Å². The summed E-state index contributed by atoms with van der Waals surface area (Å²) in [5, 5.41) is 7.37. The summed E-state index contributed by atoms with van der Waals surface area (Å²) in [6.45, 7) is 12.4. The summed E-state index contributed by atoms with van der Waals surface area (Å²) in [4.78, 5) is 19.6. The molecule has 0 bridgehead atoms. The number of nitrogens with zero attached hydrogens (tertiary/aromatic N) is 3. The van der Waals surface area contributed by atoms with E-state index in [0.29, 0.717) is 33.6 Å². The van der Waals surface area contributed by atoms with Gasteiger partial charge in [-0.1, -0.05) is 37.5 Å². The van der Waals surface area contributed by atoms with E-state index in [4.69, 9.17) is 21.9 Å². The lowest BCUT2D eigenvalue weighted by atomic mass is 9.67. The van der Waals surface area contributed by atoms with Gasteiger partial charge in [-0.25, -0.2) is 0 Å². The molecular weight excluding hydrogens is 450 g/mol. The van der Waals surface area contributed by atoms with E-state index in [-0.39, 0.29) is 23.5 Å². The Bertz CT molecular complexity index is 897. The maximum absolute atomic E-state index is 12.9. The van der Waals surface area contributed by atoms with Gasteiger partial charge in [0.25, 0.3) is 0 Å². The van der Waals surface area contributed by atoms with Crippen molar-refractivity contribution < 1.29 is 9.32 Å². The number of aliphatic imine (C=N–C) groups is 1. The Kier molecular flexibility index (Phi) is 8.85. The van der Waals surface area contributed by atoms with Crippen molar-refractivity contribution in [2.45, 2.75) is 85.1 Å². The molecule has 8 heteroatoms. The number of likely N-dealkylation sites (tertiary alicyclic amines) is 1. The fourth-order valence-electron chi connectivity index (χ4n) is 5.12. The summed E-state index contributed by atoms with van der Waals surface area (Å²) in [6, 6.07) is 1.92. The van der Waals surface area contributed by atoms with Gasteiger partial charge in [0.1, 0.15) is 16.6 Å². The van der Waals surface area contributed by atoms with Gasteiger partial charge in [0.05, 0.1) is 12.1 Å². The number of aromatic nitrogens is 1. The molecular formula is C26H42ClN5O2. The van der Waals surface area contributed by atoms with Crippen molar-refractivity contribution in [1.82, 2.24) is 15.4 Å². The molecule has 1 aliphatic heterocycles. The van der Waals surface area contributed by atoms with Crippen LogP contribution in [0.25, 0.3) is 5.70 Å². The number of aryl methyl sites for hydroxylation is 1. The van der Waals surface area contributed by atoms with E-state index in [0.717, 1.165) is 12.8 Å². The van der Waals surface area contributed by atoms with Crippen LogP contribution in [0.3, 0.4) is 0 Å². The molecule has 1 saturated heterocycles. The van der Waals surface area contributed by atoms with Crippen LogP contribution in [0.15, 0.2) is 21.2 Å². The maximum atomic E-state index is 12.9. The third-order valence-electron chi connectivity index (χ3n) is 7.52. The molecule has 3 N–H and O–H groups in total. The van der Waals surface area contributed by atoms with E-state index >= 15 is 0 Å². The second-order valence-corrected chi connectivity index (χ2v) is 11.8. The predicted molar refractivity (Wildman–Crippen MR) is 139 cm³/mol. The molecule has 3 rings (SSSR count). The van der Waals surface area contributed by atoms with E-state index in [1.807, 2.05) is 0 Å². The van der Waals surface area contributed by atoms with Gasteiger partial charge in [-0.2, -0.15) is 0 Å². The monoisotopic (exact) mass is 491 g/mol. The van der Waals surface area contributed by atoms with Gasteiger partial charge >= 0.3 is 0 Å². The lowest BCUT2D eigenvalue weighted by molar-refractivity contribution is -0.121. The highest BCUT2D eigenvalue weighted by Gasteiger charge is 2.38. The first-order valence-electron chi connectivity index (χ1n) is 12.6. The van der Waals surface area contributed by atoms with Crippen LogP contribution in [0.5, 0.6) is 0 Å². The van der Waals surface area contributed by atoms with Gasteiger partial charge in [-0.05, 0) is 82.3 Å². The minimum atomic E-state index is -0.0853. The van der Waals surface area contributed by atoms with Gasteiger partial charge in [0.2, 0.25) is 5.91 Å². The van der Waals surface area contributed by atoms with Gasteiger partial charge in [0.15, 0.2) is 0 Å². The largest absolute Gasteiger partial charge is 0.397 e. The molecule has 0 radical (unpaired) electrons. The lowest BCUT2D eigenvalue weighted by Crippen LogP contribution is -2.46. The zero-order chi connectivity index (χ0) is 24.9. The first-order chi connectivity index (χ1) is 16.0. The number of hydrogen-bond acceptors (Lipinski definition) is 6. The van der Waals surface area contributed by atoms with Crippen LogP contribution < -0.4 is 11.1 Å². The van der Waals surface area contributed by atoms with Crippen molar-refractivity contribution in [3.63, 3.8) is 0 Å². The van der Waals surface area contributed by atoms with Gasteiger partial charge in [-0.3, -0.25) is 9.79 Å². The van der Waals surface area contributed by atoms with E-state index in [2.05, 4.69) is 41.1 Å². The number of carbonyl (C=O) groups is 1. The summed E-state index contributed by atoms with van der Waals surface area (Å²) in [6.07, 6.45) is 8.30. The topological polar surface area (TPSA) is 96.8 Å². The van der Waals surface area contributed by atoms with Crippen LogP contribution in [0.1, 0.15) is 83.6 Å². The molecule has 0 unspecified atom stereocenters. The van der Waals surface area contributed by atoms with Crippen LogP contribution in [0, 0.1) is 17.8 Å². The average Bonchev–Trinajstić information content (AvgIpc) is 3.23. The summed E-state index contributed by atoms with van der Waals surface area (Å²) < 4.78 is 5.11. The quantitative estimate of drug-likeness (QED) is 0.529. The number of halogens is 1. The molecule has 0 aromatic carbocycles. The molecule has 0 atom stereocenters. The van der Waals surface area contributed by atoms with Crippen LogP contribution in [0.4, 0.5) is 0 Å². The number of hydrogen-bond donors (Lipinski definition) is 2. The van der Waals surface area contributed by atoms with Gasteiger partial charge < -0.3 is 20.5 Å². The molecule has 2 aliphatic rings. The van der Waals surface area contributed by atoms with Crippen molar-refractivity contribution in [3.05, 3.63) is 23.1 Å². The second-order valence-electron chi connectivity index (χ2n) is 11.4. The van der Waals surface area contributed by atoms with E-state index in [1.165, 1.54) is 51.7 Å². The molecule has 7 nitrogen and oxygen atoms in total. The normalized spacial score (nSPS) is 20.9. The Morgan fingerprint density at radius 1 is 1.29 bits per heavy atom. The van der Waals surface area contributed by atoms with Crippen LogP contribution in [-0.4, -0.2) is 53.9 Å². The molecule has 34 heavy (non-hydrogen) atoms. The molecule has 1 saturated carbocycles. The van der Waals surface area contributed by atoms with Crippen molar-refractivity contribution in [3.8, 4) is 0 Å². The zero-order valence-corrected chi connectivity index (χ0v) is 22.3. The summed E-state index contributed by atoms with van der Waals surface area (Å²) in [5.74, 6) is 0.556. The average molecular weight is 492 g/mol. The third kappa shape index (κ3) is 7.32. The SMILES string of the molecule is CN=C(Cl)/C(CC(=O)NC1CCC2(CC1)CCN(CCC(C)(C)C)CC2)=C(\N)c1cc(C)on1. The van der Waals surface area contributed by atoms with E-state index in [9.17, 15) is 4.79 Å². The minimum Gasteiger partial charge on any atom is -0.397 e. The molecule has 1 aromatic heterocycles. The van der Waals surface area contributed by atoms with Crippen LogP contribution in [0.2, 0.25) is 0 Å². The number of carbonyl (C=O) groups excluding carboxylic acids is 1. The van der Waals surface area contributed by atoms with Gasteiger partial charge in [-0.15, -0.1) is 0 Å². The highest BCUT2D eigenvalue weighted by atomic mass is 35.5. The molecule has 1 aromatic rings. The standard InChI is InChI=1S/C26H42ClN5O2/c1-18-16-21(31-34-18)23(28)20(24(27)29-5)17-22(33)30-19-6-8-26(9-7-19)11-14-32(15-12-26)13-10-25(2,3)4/h16,19H,6-15,17,28H2,1-5H3,(H,30,33)/b23-20-,29-24?. The van der Waals surface area contributed by atoms with E-state index in [1.54, 1.807) is 20.0 Å². The van der Waals surface area contributed by atoms with Crippen LogP contribution in [-0.2, 0) is 4.79 Å². The van der Waals surface area contributed by atoms with Crippen LogP contribution >= 0.6 is 11.6 Å². The molecule has 190 valence electrons. The number of piperidine rings is 1. The minimum absolute atomic E-state index is 0.0678. The van der Waals surface area contributed by atoms with Crippen molar-refractivity contribution >= 4 is 28.4 Å². The van der Waals surface area contributed by atoms with Gasteiger partial charge in [0, 0.05) is 24.7 Å². The number of rotatable bonds is 7. The van der Waals surface area contributed by atoms with Crippen molar-refractivity contribution in [2.24, 2.45) is 21.6 Å². The highest BCUT2D eigenvalue weighted by Crippen LogP contribution is 2.44. The Morgan fingerprint density at radius 2 is 1.94 bits per heavy atom. The zero-order valence-electron chi connectivity index (χ0n) is 21.5. The summed E-state index contributed by atoms with van der Waals surface area (Å²) in [7, 11) is 1.58. The maximum Gasteiger partial charge on any atom is 0.224 e. The van der Waals surface area contributed by atoms with E-state index < -0.39 is 0 Å². The first kappa shape index (κ1) is 26.7. The predicted octanol–water partition coefficient (Wildman–Crippen LogP) is 4.89. The Balaban J connectivity index is 1.50. The smallest absolute Gasteiger partial charge is 0.224 e. The molecule has 1 spiro atoms. The Labute approximate surface area is 209 Å². The number of amides is 1. The fourth-order valence-corrected chi connectivity index (χ4v) is 5.29. The number of nitrogens with two attached hydrogens (primary N) is 1. The summed E-state index contributed by atoms with van der Waals surface area (Å²) >= 11 is 6.30.